The molecule has 0 aliphatic carbocycles. The molecule has 0 unspecified atom stereocenters. The predicted octanol–water partition coefficient (Wildman–Crippen LogP) is 5.44. The number of nitrogens with zero attached hydrogens (tertiary/aromatic N) is 1. The summed E-state index contributed by atoms with van der Waals surface area (Å²) >= 11 is 6.08. The standard InChI is InChI=1S/C25H21ClN2O3/c1-3-31-21-12-8-7-11-19(21)27-23-22(17-9-5-4-6-10-17)24(29)28(25(23)30)20-14-13-18(26)15-16(20)2/h4-15,27H,3H2,1-2H3. The average Bonchev–Trinajstić information content (AvgIpc) is 3.00. The Kier molecular flexibility index (Phi) is 5.78. The Bertz CT molecular complexity index is 1190. The van der Waals surface area contributed by atoms with E-state index in [-0.39, 0.29) is 5.70 Å². The second-order valence-electron chi connectivity index (χ2n) is 7.05. The number of halogens is 1. The molecule has 1 aliphatic rings. The zero-order valence-corrected chi connectivity index (χ0v) is 17.9. The molecule has 1 aliphatic heterocycles. The van der Waals surface area contributed by atoms with Crippen LogP contribution in [0.1, 0.15) is 18.1 Å². The van der Waals surface area contributed by atoms with Crippen LogP contribution in [0.3, 0.4) is 0 Å². The molecule has 0 fully saturated rings. The summed E-state index contributed by atoms with van der Waals surface area (Å²) in [7, 11) is 0. The van der Waals surface area contributed by atoms with Crippen LogP contribution in [0, 0.1) is 6.92 Å². The molecule has 0 atom stereocenters. The molecule has 156 valence electrons. The molecule has 0 radical (unpaired) electrons. The zero-order valence-electron chi connectivity index (χ0n) is 17.2. The first-order valence-electron chi connectivity index (χ1n) is 9.94. The van der Waals surface area contributed by atoms with Gasteiger partial charge < -0.3 is 10.1 Å². The molecule has 2 amide bonds. The first-order valence-corrected chi connectivity index (χ1v) is 10.3. The molecule has 31 heavy (non-hydrogen) atoms. The highest BCUT2D eigenvalue weighted by atomic mass is 35.5. The molecule has 0 saturated heterocycles. The van der Waals surface area contributed by atoms with Crippen LogP contribution < -0.4 is 15.0 Å². The topological polar surface area (TPSA) is 58.6 Å². The number of hydrogen-bond acceptors (Lipinski definition) is 4. The van der Waals surface area contributed by atoms with Gasteiger partial charge in [0, 0.05) is 5.02 Å². The summed E-state index contributed by atoms with van der Waals surface area (Å²) in [6.45, 7) is 4.19. The maximum atomic E-state index is 13.5. The molecule has 4 rings (SSSR count). The maximum Gasteiger partial charge on any atom is 0.282 e. The van der Waals surface area contributed by atoms with Crippen LogP contribution in [0.2, 0.25) is 5.02 Å². The number of ether oxygens (including phenoxy) is 1. The van der Waals surface area contributed by atoms with Crippen molar-refractivity contribution in [2.24, 2.45) is 0 Å². The lowest BCUT2D eigenvalue weighted by Gasteiger charge is -2.18. The van der Waals surface area contributed by atoms with E-state index in [2.05, 4.69) is 5.32 Å². The number of amides is 2. The highest BCUT2D eigenvalue weighted by molar-refractivity contribution is 6.46. The number of aryl methyl sites for hydroxylation is 1. The summed E-state index contributed by atoms with van der Waals surface area (Å²) in [5, 5.41) is 3.71. The van der Waals surface area contributed by atoms with Gasteiger partial charge in [0.25, 0.3) is 11.8 Å². The minimum Gasteiger partial charge on any atom is -0.492 e. The Morgan fingerprint density at radius 2 is 1.65 bits per heavy atom. The molecule has 5 nitrogen and oxygen atoms in total. The van der Waals surface area contributed by atoms with E-state index in [1.165, 1.54) is 4.90 Å². The van der Waals surface area contributed by atoms with Crippen LogP contribution in [-0.4, -0.2) is 18.4 Å². The minimum atomic E-state index is -0.430. The summed E-state index contributed by atoms with van der Waals surface area (Å²) in [6, 6.07) is 21.6. The van der Waals surface area contributed by atoms with Crippen LogP contribution in [-0.2, 0) is 9.59 Å². The Morgan fingerprint density at radius 3 is 2.35 bits per heavy atom. The van der Waals surface area contributed by atoms with Gasteiger partial charge in [-0.15, -0.1) is 0 Å². The van der Waals surface area contributed by atoms with E-state index in [0.717, 1.165) is 5.56 Å². The molecule has 0 spiro atoms. The van der Waals surface area contributed by atoms with Crippen LogP contribution in [0.4, 0.5) is 11.4 Å². The third-order valence-electron chi connectivity index (χ3n) is 4.99. The summed E-state index contributed by atoms with van der Waals surface area (Å²) in [4.78, 5) is 28.2. The van der Waals surface area contributed by atoms with Crippen molar-refractivity contribution in [2.75, 3.05) is 16.8 Å². The number of para-hydroxylation sites is 2. The third kappa shape index (κ3) is 3.92. The molecule has 1 N–H and O–H groups in total. The number of anilines is 2. The largest absolute Gasteiger partial charge is 0.492 e. The lowest BCUT2D eigenvalue weighted by molar-refractivity contribution is -0.120. The van der Waals surface area contributed by atoms with Crippen molar-refractivity contribution in [3.63, 3.8) is 0 Å². The van der Waals surface area contributed by atoms with E-state index >= 15 is 0 Å². The number of carbonyl (C=O) groups is 2. The number of nitrogens with one attached hydrogen (secondary N) is 1. The maximum absolute atomic E-state index is 13.5. The van der Waals surface area contributed by atoms with Crippen molar-refractivity contribution in [2.45, 2.75) is 13.8 Å². The molecule has 3 aromatic rings. The Labute approximate surface area is 185 Å². The van der Waals surface area contributed by atoms with E-state index in [0.29, 0.717) is 39.9 Å². The minimum absolute atomic E-state index is 0.206. The van der Waals surface area contributed by atoms with Gasteiger partial charge in [-0.25, -0.2) is 4.90 Å². The normalized spacial score (nSPS) is 13.7. The van der Waals surface area contributed by atoms with Gasteiger partial charge >= 0.3 is 0 Å². The van der Waals surface area contributed by atoms with Crippen molar-refractivity contribution in [1.29, 1.82) is 0 Å². The van der Waals surface area contributed by atoms with Gasteiger partial charge in [0.1, 0.15) is 11.4 Å². The predicted molar refractivity (Wildman–Crippen MR) is 123 cm³/mol. The fraction of sp³-hybridized carbons (Fsp3) is 0.120. The van der Waals surface area contributed by atoms with E-state index < -0.39 is 11.8 Å². The van der Waals surface area contributed by atoms with E-state index in [1.807, 2.05) is 68.4 Å². The van der Waals surface area contributed by atoms with Gasteiger partial charge in [-0.2, -0.15) is 0 Å². The second kappa shape index (κ2) is 8.66. The van der Waals surface area contributed by atoms with Gasteiger partial charge in [0.2, 0.25) is 0 Å². The first kappa shape index (κ1) is 20.7. The Balaban J connectivity index is 1.83. The monoisotopic (exact) mass is 432 g/mol. The fourth-order valence-electron chi connectivity index (χ4n) is 3.59. The Hall–Kier alpha value is -3.57. The van der Waals surface area contributed by atoms with Crippen molar-refractivity contribution >= 4 is 40.4 Å². The van der Waals surface area contributed by atoms with Crippen molar-refractivity contribution in [3.05, 3.63) is 94.6 Å². The van der Waals surface area contributed by atoms with Gasteiger partial charge in [-0.05, 0) is 55.3 Å². The zero-order chi connectivity index (χ0) is 22.0. The number of rotatable bonds is 6. The lowest BCUT2D eigenvalue weighted by atomic mass is 10.0. The molecule has 0 bridgehead atoms. The molecule has 6 heteroatoms. The molecular formula is C25H21ClN2O3. The highest BCUT2D eigenvalue weighted by Gasteiger charge is 2.41. The van der Waals surface area contributed by atoms with Crippen LogP contribution in [0.15, 0.2) is 78.5 Å². The fourth-order valence-corrected chi connectivity index (χ4v) is 3.82. The van der Waals surface area contributed by atoms with E-state index in [4.69, 9.17) is 16.3 Å². The smallest absolute Gasteiger partial charge is 0.282 e. The molecule has 0 saturated carbocycles. The van der Waals surface area contributed by atoms with Crippen molar-refractivity contribution in [3.8, 4) is 5.75 Å². The van der Waals surface area contributed by atoms with Crippen LogP contribution in [0.25, 0.3) is 5.57 Å². The summed E-state index contributed by atoms with van der Waals surface area (Å²) in [5.74, 6) is -0.218. The van der Waals surface area contributed by atoms with Crippen molar-refractivity contribution in [1.82, 2.24) is 0 Å². The second-order valence-corrected chi connectivity index (χ2v) is 7.48. The molecule has 0 aromatic heterocycles. The summed E-state index contributed by atoms with van der Waals surface area (Å²) in [6.07, 6.45) is 0. The van der Waals surface area contributed by atoms with Gasteiger partial charge in [0.05, 0.1) is 23.6 Å². The molecule has 3 aromatic carbocycles. The lowest BCUT2D eigenvalue weighted by Crippen LogP contribution is -2.33. The average molecular weight is 433 g/mol. The van der Waals surface area contributed by atoms with Gasteiger partial charge in [-0.3, -0.25) is 9.59 Å². The number of carbonyl (C=O) groups excluding carboxylic acids is 2. The number of hydrogen-bond donors (Lipinski definition) is 1. The SMILES string of the molecule is CCOc1ccccc1NC1=C(c2ccccc2)C(=O)N(c2ccc(Cl)cc2C)C1=O. The number of imide groups is 1. The summed E-state index contributed by atoms with van der Waals surface area (Å²) < 4.78 is 5.68. The van der Waals surface area contributed by atoms with E-state index in [1.54, 1.807) is 18.2 Å². The molecular weight excluding hydrogens is 412 g/mol. The molecule has 1 heterocycles. The van der Waals surface area contributed by atoms with Gasteiger partial charge in [-0.1, -0.05) is 54.1 Å². The van der Waals surface area contributed by atoms with Gasteiger partial charge in [0.15, 0.2) is 0 Å². The van der Waals surface area contributed by atoms with Crippen LogP contribution in [0.5, 0.6) is 5.75 Å². The summed E-state index contributed by atoms with van der Waals surface area (Å²) in [5.41, 5.74) is 3.03. The van der Waals surface area contributed by atoms with Crippen molar-refractivity contribution < 1.29 is 14.3 Å². The third-order valence-corrected chi connectivity index (χ3v) is 5.23. The van der Waals surface area contributed by atoms with E-state index in [9.17, 15) is 9.59 Å². The quantitative estimate of drug-likeness (QED) is 0.526. The van der Waals surface area contributed by atoms with Crippen LogP contribution >= 0.6 is 11.6 Å². The first-order chi connectivity index (χ1) is 15.0. The number of benzene rings is 3. The highest BCUT2D eigenvalue weighted by Crippen LogP contribution is 2.37. The Morgan fingerprint density at radius 1 is 0.935 bits per heavy atom.